The molecule has 29 heavy (non-hydrogen) atoms. The molecule has 0 saturated carbocycles. The van der Waals surface area contributed by atoms with E-state index >= 15 is 0 Å². The fourth-order valence-electron chi connectivity index (χ4n) is 2.39. The second kappa shape index (κ2) is 7.67. The van der Waals surface area contributed by atoms with E-state index in [1.165, 1.54) is 42.2 Å². The largest absolute Gasteiger partial charge is 0.573 e. The summed E-state index contributed by atoms with van der Waals surface area (Å²) < 4.78 is 67.1. The van der Waals surface area contributed by atoms with Crippen molar-refractivity contribution < 1.29 is 26.3 Å². The Morgan fingerprint density at radius 1 is 1.10 bits per heavy atom. The molecular formula is C16H15F3N6O3S. The summed E-state index contributed by atoms with van der Waals surface area (Å²) in [6.45, 7) is 0. The fraction of sp³-hybridized carbons (Fsp3) is 0.188. The van der Waals surface area contributed by atoms with Gasteiger partial charge in [-0.15, -0.1) is 23.4 Å². The Balaban J connectivity index is 1.96. The predicted molar refractivity (Wildman–Crippen MR) is 96.9 cm³/mol. The summed E-state index contributed by atoms with van der Waals surface area (Å²) in [4.78, 5) is 1.20. The van der Waals surface area contributed by atoms with Crippen LogP contribution < -0.4 is 14.8 Å². The monoisotopic (exact) mass is 428 g/mol. The van der Waals surface area contributed by atoms with Gasteiger partial charge in [0.1, 0.15) is 5.75 Å². The second-order valence-corrected chi connectivity index (χ2v) is 7.60. The van der Waals surface area contributed by atoms with Gasteiger partial charge in [-0.05, 0) is 54.7 Å². The van der Waals surface area contributed by atoms with Gasteiger partial charge in [-0.1, -0.05) is 0 Å². The Morgan fingerprint density at radius 2 is 1.79 bits per heavy atom. The number of sulfonamides is 1. The van der Waals surface area contributed by atoms with Gasteiger partial charge >= 0.3 is 6.36 Å². The summed E-state index contributed by atoms with van der Waals surface area (Å²) in [7, 11) is -0.881. The quantitative estimate of drug-likeness (QED) is 0.620. The fourth-order valence-corrected chi connectivity index (χ4v) is 3.15. The summed E-state index contributed by atoms with van der Waals surface area (Å²) in [5, 5.41) is 14.7. The smallest absolute Gasteiger partial charge is 0.406 e. The first-order valence-corrected chi connectivity index (χ1v) is 9.50. The normalized spacial score (nSPS) is 12.0. The van der Waals surface area contributed by atoms with E-state index in [-0.39, 0.29) is 16.5 Å². The van der Waals surface area contributed by atoms with E-state index in [1.54, 1.807) is 7.05 Å². The van der Waals surface area contributed by atoms with Crippen LogP contribution in [0.5, 0.6) is 5.75 Å². The maximum atomic E-state index is 12.3. The molecule has 0 unspecified atom stereocenters. The molecule has 0 aliphatic carbocycles. The molecule has 3 rings (SSSR count). The minimum absolute atomic E-state index is 0.0121. The molecule has 1 aromatic heterocycles. The van der Waals surface area contributed by atoms with Crippen LogP contribution >= 0.6 is 0 Å². The lowest BCUT2D eigenvalue weighted by Gasteiger charge is -2.13. The number of benzene rings is 2. The number of alkyl halides is 3. The zero-order valence-electron chi connectivity index (χ0n) is 15.1. The molecule has 0 aliphatic heterocycles. The lowest BCUT2D eigenvalue weighted by Crippen LogP contribution is -2.18. The van der Waals surface area contributed by atoms with Crippen molar-refractivity contribution in [3.8, 4) is 17.1 Å². The average Bonchev–Trinajstić information content (AvgIpc) is 3.08. The number of rotatable bonds is 6. The summed E-state index contributed by atoms with van der Waals surface area (Å²) in [5.74, 6) is -0.200. The van der Waals surface area contributed by atoms with Gasteiger partial charge in [0.15, 0.2) is 0 Å². The molecule has 0 fully saturated rings. The Hall–Kier alpha value is -3.19. The van der Waals surface area contributed by atoms with Crippen molar-refractivity contribution >= 4 is 21.4 Å². The molecule has 154 valence electrons. The minimum atomic E-state index is -4.78. The van der Waals surface area contributed by atoms with Crippen LogP contribution in [-0.4, -0.2) is 42.0 Å². The maximum absolute atomic E-state index is 12.3. The van der Waals surface area contributed by atoms with Crippen molar-refractivity contribution in [1.29, 1.82) is 0 Å². The average molecular weight is 428 g/mol. The molecule has 2 aromatic carbocycles. The Bertz CT molecular complexity index is 1110. The van der Waals surface area contributed by atoms with Gasteiger partial charge in [-0.2, -0.15) is 4.80 Å². The third-order valence-corrected chi connectivity index (χ3v) is 5.10. The molecule has 1 heterocycles. The first kappa shape index (κ1) is 20.5. The Kier molecular flexibility index (Phi) is 5.44. The summed E-state index contributed by atoms with van der Waals surface area (Å²) in [6, 6.07) is 9.30. The van der Waals surface area contributed by atoms with Gasteiger partial charge in [-0.3, -0.25) is 0 Å². The van der Waals surface area contributed by atoms with E-state index < -0.39 is 16.4 Å². The zero-order chi connectivity index (χ0) is 21.2. The molecule has 0 radical (unpaired) electrons. The molecule has 0 atom stereocenters. The van der Waals surface area contributed by atoms with Gasteiger partial charge in [0.05, 0.1) is 11.9 Å². The summed E-state index contributed by atoms with van der Waals surface area (Å²) >= 11 is 0. The standard InChI is InChI=1S/C16H15F3N6O3S/c1-20-29(26,27)12-7-8-14(13(9-12)15-22-24-25(2)23-15)21-10-3-5-11(6-4-10)28-16(17,18)19/h3-9,20-21H,1-2H3. The van der Waals surface area contributed by atoms with Crippen LogP contribution in [-0.2, 0) is 17.1 Å². The highest BCUT2D eigenvalue weighted by molar-refractivity contribution is 7.89. The van der Waals surface area contributed by atoms with E-state index in [0.717, 1.165) is 12.1 Å². The van der Waals surface area contributed by atoms with Crippen LogP contribution in [0.25, 0.3) is 11.4 Å². The minimum Gasteiger partial charge on any atom is -0.406 e. The lowest BCUT2D eigenvalue weighted by molar-refractivity contribution is -0.274. The third kappa shape index (κ3) is 5.00. The number of hydrogen-bond donors (Lipinski definition) is 2. The zero-order valence-corrected chi connectivity index (χ0v) is 15.9. The first-order valence-electron chi connectivity index (χ1n) is 8.02. The number of hydrogen-bond acceptors (Lipinski definition) is 7. The third-order valence-electron chi connectivity index (χ3n) is 3.69. The van der Waals surface area contributed by atoms with Crippen LogP contribution in [0.2, 0.25) is 0 Å². The van der Waals surface area contributed by atoms with Crippen molar-refractivity contribution in [3.63, 3.8) is 0 Å². The number of tetrazole rings is 1. The number of ether oxygens (including phenoxy) is 1. The van der Waals surface area contributed by atoms with Crippen molar-refractivity contribution in [1.82, 2.24) is 24.9 Å². The van der Waals surface area contributed by atoms with Crippen molar-refractivity contribution in [2.24, 2.45) is 7.05 Å². The second-order valence-electron chi connectivity index (χ2n) is 5.71. The summed E-state index contributed by atoms with van der Waals surface area (Å²) in [5.41, 5.74) is 1.21. The molecule has 13 heteroatoms. The Morgan fingerprint density at radius 3 is 2.34 bits per heavy atom. The lowest BCUT2D eigenvalue weighted by atomic mass is 10.1. The van der Waals surface area contributed by atoms with Crippen LogP contribution in [0, 0.1) is 0 Å². The Labute approximate surface area is 163 Å². The molecule has 0 spiro atoms. The van der Waals surface area contributed by atoms with Gasteiger partial charge < -0.3 is 10.1 Å². The number of anilines is 2. The topological polar surface area (TPSA) is 111 Å². The highest BCUT2D eigenvalue weighted by Gasteiger charge is 2.31. The number of nitrogens with one attached hydrogen (secondary N) is 2. The van der Waals surface area contributed by atoms with E-state index in [0.29, 0.717) is 16.9 Å². The van der Waals surface area contributed by atoms with Crippen molar-refractivity contribution in [2.45, 2.75) is 11.3 Å². The van der Waals surface area contributed by atoms with Crippen LogP contribution in [0.4, 0.5) is 24.5 Å². The number of aromatic nitrogens is 4. The molecule has 3 aromatic rings. The predicted octanol–water partition coefficient (Wildman–Crippen LogP) is 2.43. The van der Waals surface area contributed by atoms with E-state index in [9.17, 15) is 21.6 Å². The summed E-state index contributed by atoms with van der Waals surface area (Å²) in [6.07, 6.45) is -4.78. The molecule has 9 nitrogen and oxygen atoms in total. The van der Waals surface area contributed by atoms with Crippen LogP contribution in [0.1, 0.15) is 0 Å². The highest BCUT2D eigenvalue weighted by atomic mass is 32.2. The molecule has 2 N–H and O–H groups in total. The van der Waals surface area contributed by atoms with E-state index in [2.05, 4.69) is 30.2 Å². The number of nitrogens with zero attached hydrogens (tertiary/aromatic N) is 4. The number of halogens is 3. The maximum Gasteiger partial charge on any atom is 0.573 e. The molecule has 0 bridgehead atoms. The van der Waals surface area contributed by atoms with Gasteiger partial charge in [-0.25, -0.2) is 13.1 Å². The highest BCUT2D eigenvalue weighted by Crippen LogP contribution is 2.31. The molecular weight excluding hydrogens is 413 g/mol. The van der Waals surface area contributed by atoms with Gasteiger partial charge in [0.2, 0.25) is 15.8 Å². The SMILES string of the molecule is CNS(=O)(=O)c1ccc(Nc2ccc(OC(F)(F)F)cc2)c(-c2nnn(C)n2)c1. The van der Waals surface area contributed by atoms with Gasteiger partial charge in [0, 0.05) is 16.9 Å². The van der Waals surface area contributed by atoms with Crippen LogP contribution in [0.3, 0.4) is 0 Å². The first-order chi connectivity index (χ1) is 13.6. The molecule has 0 aliphatic rings. The van der Waals surface area contributed by atoms with Gasteiger partial charge in [0.25, 0.3) is 0 Å². The molecule has 0 saturated heterocycles. The number of aryl methyl sites for hydroxylation is 1. The van der Waals surface area contributed by atoms with Crippen LogP contribution in [0.15, 0.2) is 47.4 Å². The van der Waals surface area contributed by atoms with E-state index in [1.807, 2.05) is 0 Å². The van der Waals surface area contributed by atoms with Crippen molar-refractivity contribution in [2.75, 3.05) is 12.4 Å². The van der Waals surface area contributed by atoms with Crippen molar-refractivity contribution in [3.05, 3.63) is 42.5 Å². The van der Waals surface area contributed by atoms with E-state index in [4.69, 9.17) is 0 Å². The molecule has 0 amide bonds.